The first kappa shape index (κ1) is 20.2. The Labute approximate surface area is 168 Å². The molecule has 0 fully saturated rings. The van der Waals surface area contributed by atoms with Gasteiger partial charge in [-0.05, 0) is 31.5 Å². The Morgan fingerprint density at radius 2 is 1.45 bits per heavy atom. The van der Waals surface area contributed by atoms with Crippen molar-refractivity contribution in [3.63, 3.8) is 0 Å². The van der Waals surface area contributed by atoms with E-state index in [0.29, 0.717) is 5.56 Å². The highest BCUT2D eigenvalue weighted by Crippen LogP contribution is 2.31. The zero-order chi connectivity index (χ0) is 21.2. The van der Waals surface area contributed by atoms with Crippen molar-refractivity contribution in [1.29, 1.82) is 0 Å². The molecule has 29 heavy (non-hydrogen) atoms. The molecule has 0 aromatic heterocycles. The zero-order valence-electron chi connectivity index (χ0n) is 15.7. The average molecular weight is 410 g/mol. The lowest BCUT2D eigenvalue weighted by molar-refractivity contribution is -0.385. The van der Waals surface area contributed by atoms with Crippen molar-refractivity contribution in [3.05, 3.63) is 93.5 Å². The number of carbonyl (C=O) groups is 1. The third-order valence-electron chi connectivity index (χ3n) is 4.39. The van der Waals surface area contributed by atoms with E-state index in [9.17, 15) is 23.3 Å². The molecule has 0 spiro atoms. The molecule has 0 aliphatic carbocycles. The maximum Gasteiger partial charge on any atom is 0.282 e. The van der Waals surface area contributed by atoms with Crippen LogP contribution in [0, 0.1) is 24.0 Å². The number of aryl methyl sites for hydroxylation is 2. The Bertz CT molecular complexity index is 1180. The molecule has 0 aliphatic rings. The highest BCUT2D eigenvalue weighted by Gasteiger charge is 2.28. The van der Waals surface area contributed by atoms with Crippen LogP contribution in [0.2, 0.25) is 0 Å². The molecule has 1 N–H and O–H groups in total. The van der Waals surface area contributed by atoms with Crippen molar-refractivity contribution in [2.45, 2.75) is 18.7 Å². The minimum atomic E-state index is -4.19. The number of hydrogen-bond acceptors (Lipinski definition) is 5. The van der Waals surface area contributed by atoms with Gasteiger partial charge in [0.05, 0.1) is 9.82 Å². The molecule has 3 rings (SSSR count). The summed E-state index contributed by atoms with van der Waals surface area (Å²) in [6.45, 7) is 3.69. The molecule has 3 aromatic rings. The van der Waals surface area contributed by atoms with Gasteiger partial charge in [-0.2, -0.15) is 0 Å². The van der Waals surface area contributed by atoms with E-state index < -0.39 is 26.5 Å². The van der Waals surface area contributed by atoms with Crippen LogP contribution in [0.5, 0.6) is 0 Å². The summed E-state index contributed by atoms with van der Waals surface area (Å²) in [6.07, 6.45) is 0. The molecule has 0 heterocycles. The van der Waals surface area contributed by atoms with E-state index in [1.807, 2.05) is 11.6 Å². The van der Waals surface area contributed by atoms with Crippen molar-refractivity contribution in [2.75, 3.05) is 0 Å². The van der Waals surface area contributed by atoms with Crippen molar-refractivity contribution < 1.29 is 18.1 Å². The van der Waals surface area contributed by atoms with Crippen molar-refractivity contribution in [1.82, 2.24) is 4.72 Å². The second-order valence-corrected chi connectivity index (χ2v) is 8.25. The van der Waals surface area contributed by atoms with E-state index >= 15 is 0 Å². The third kappa shape index (κ3) is 4.33. The van der Waals surface area contributed by atoms with Crippen LogP contribution in [-0.2, 0) is 10.0 Å². The summed E-state index contributed by atoms with van der Waals surface area (Å²) in [6, 6.07) is 17.2. The first-order valence-corrected chi connectivity index (χ1v) is 10.2. The van der Waals surface area contributed by atoms with Crippen LogP contribution in [0.25, 0.3) is 11.1 Å². The summed E-state index contributed by atoms with van der Waals surface area (Å²) < 4.78 is 27.2. The van der Waals surface area contributed by atoms with Crippen LogP contribution in [0.4, 0.5) is 5.69 Å². The van der Waals surface area contributed by atoms with Gasteiger partial charge in [0.25, 0.3) is 21.6 Å². The Kier molecular flexibility index (Phi) is 5.47. The Hall–Kier alpha value is -3.52. The number of nitro groups is 1. The maximum absolute atomic E-state index is 12.9. The van der Waals surface area contributed by atoms with E-state index in [1.165, 1.54) is 24.3 Å². The highest BCUT2D eigenvalue weighted by molar-refractivity contribution is 7.90. The van der Waals surface area contributed by atoms with E-state index in [0.717, 1.165) is 11.1 Å². The number of nitro benzene ring substituents is 1. The second-order valence-electron chi connectivity index (χ2n) is 6.57. The van der Waals surface area contributed by atoms with Gasteiger partial charge in [-0.25, -0.2) is 13.1 Å². The monoisotopic (exact) mass is 410 g/mol. The van der Waals surface area contributed by atoms with Gasteiger partial charge >= 0.3 is 0 Å². The maximum atomic E-state index is 12.9. The number of nitrogens with one attached hydrogen (secondary N) is 1. The fraction of sp³-hybridized carbons (Fsp3) is 0.0952. The van der Waals surface area contributed by atoms with Gasteiger partial charge in [0.1, 0.15) is 5.56 Å². The highest BCUT2D eigenvalue weighted by atomic mass is 32.2. The van der Waals surface area contributed by atoms with Crippen molar-refractivity contribution in [2.24, 2.45) is 0 Å². The fourth-order valence-electron chi connectivity index (χ4n) is 2.85. The molecular formula is C21H18N2O5S. The predicted molar refractivity (Wildman–Crippen MR) is 109 cm³/mol. The fourth-order valence-corrected chi connectivity index (χ4v) is 3.81. The molecule has 3 aromatic carbocycles. The molecule has 0 aliphatic heterocycles. The summed E-state index contributed by atoms with van der Waals surface area (Å²) in [4.78, 5) is 23.6. The van der Waals surface area contributed by atoms with Gasteiger partial charge in [-0.3, -0.25) is 14.9 Å². The zero-order valence-corrected chi connectivity index (χ0v) is 16.6. The number of carbonyl (C=O) groups excluding carboxylic acids is 1. The van der Waals surface area contributed by atoms with E-state index in [-0.39, 0.29) is 16.0 Å². The number of amides is 1. The molecule has 0 atom stereocenters. The lowest BCUT2D eigenvalue weighted by Gasteiger charge is -2.12. The molecule has 0 saturated carbocycles. The lowest BCUT2D eigenvalue weighted by Crippen LogP contribution is -2.31. The van der Waals surface area contributed by atoms with E-state index in [2.05, 4.69) is 0 Å². The number of nitrogens with zero attached hydrogens (tertiary/aromatic N) is 1. The lowest BCUT2D eigenvalue weighted by atomic mass is 9.97. The van der Waals surface area contributed by atoms with Crippen molar-refractivity contribution in [3.8, 4) is 11.1 Å². The summed E-state index contributed by atoms with van der Waals surface area (Å²) in [5.41, 5.74) is 1.90. The van der Waals surface area contributed by atoms with E-state index in [1.54, 1.807) is 49.4 Å². The summed E-state index contributed by atoms with van der Waals surface area (Å²) in [7, 11) is -4.19. The van der Waals surface area contributed by atoms with Crippen LogP contribution in [0.3, 0.4) is 0 Å². The summed E-state index contributed by atoms with van der Waals surface area (Å²) in [5, 5.41) is 11.5. The molecule has 0 unspecified atom stereocenters. The standard InChI is InChI=1S/C21H18N2O5S/c1-14-6-10-16(11-7-14)18-4-3-5-19(23(25)26)20(18)21(24)22-29(27,28)17-12-8-15(2)9-13-17/h3-13H,1-2H3,(H,22,24). The first-order chi connectivity index (χ1) is 13.7. The molecule has 1 amide bonds. The molecule has 8 heteroatoms. The van der Waals surface area contributed by atoms with Crippen LogP contribution in [0.15, 0.2) is 71.6 Å². The Morgan fingerprint density at radius 1 is 0.897 bits per heavy atom. The second kappa shape index (κ2) is 7.84. The van der Waals surface area contributed by atoms with Gasteiger partial charge in [-0.15, -0.1) is 0 Å². The summed E-state index contributed by atoms with van der Waals surface area (Å²) >= 11 is 0. The van der Waals surface area contributed by atoms with Gasteiger partial charge in [0.15, 0.2) is 0 Å². The van der Waals surface area contributed by atoms with Gasteiger partial charge < -0.3 is 0 Å². The Balaban J connectivity index is 2.08. The van der Waals surface area contributed by atoms with Crippen LogP contribution in [0.1, 0.15) is 21.5 Å². The number of rotatable bonds is 5. The molecule has 0 radical (unpaired) electrons. The molecular weight excluding hydrogens is 392 g/mol. The number of benzene rings is 3. The Morgan fingerprint density at radius 3 is 2.00 bits per heavy atom. The van der Waals surface area contributed by atoms with Crippen LogP contribution >= 0.6 is 0 Å². The topological polar surface area (TPSA) is 106 Å². The quantitative estimate of drug-likeness (QED) is 0.505. The van der Waals surface area contributed by atoms with Crippen LogP contribution in [-0.4, -0.2) is 19.2 Å². The largest absolute Gasteiger partial charge is 0.282 e. The minimum Gasteiger partial charge on any atom is -0.268 e. The first-order valence-electron chi connectivity index (χ1n) is 8.67. The van der Waals surface area contributed by atoms with Crippen LogP contribution < -0.4 is 4.72 Å². The smallest absolute Gasteiger partial charge is 0.268 e. The molecule has 0 saturated heterocycles. The number of hydrogen-bond donors (Lipinski definition) is 1. The SMILES string of the molecule is Cc1ccc(-c2cccc([N+](=O)[O-])c2C(=O)NS(=O)(=O)c2ccc(C)cc2)cc1. The summed E-state index contributed by atoms with van der Waals surface area (Å²) in [5.74, 6) is -1.06. The van der Waals surface area contributed by atoms with Crippen molar-refractivity contribution >= 4 is 21.6 Å². The predicted octanol–water partition coefficient (Wildman–Crippen LogP) is 4.00. The van der Waals surface area contributed by atoms with Gasteiger partial charge in [0, 0.05) is 11.6 Å². The third-order valence-corrected chi connectivity index (χ3v) is 5.73. The normalized spacial score (nSPS) is 11.1. The van der Waals surface area contributed by atoms with Gasteiger partial charge in [0.2, 0.25) is 0 Å². The molecule has 7 nitrogen and oxygen atoms in total. The number of sulfonamides is 1. The van der Waals surface area contributed by atoms with Gasteiger partial charge in [-0.1, -0.05) is 59.7 Å². The average Bonchev–Trinajstić information content (AvgIpc) is 2.68. The minimum absolute atomic E-state index is 0.105. The van der Waals surface area contributed by atoms with E-state index in [4.69, 9.17) is 0 Å². The molecule has 0 bridgehead atoms. The molecule has 148 valence electrons.